The number of nitrogens with one attached hydrogen (secondary N) is 2. The van der Waals surface area contributed by atoms with E-state index in [1.165, 1.54) is 0 Å². The molecule has 2 saturated carbocycles. The lowest BCUT2D eigenvalue weighted by Crippen LogP contribution is -2.41. The van der Waals surface area contributed by atoms with Crippen molar-refractivity contribution in [2.24, 2.45) is 17.8 Å². The molecule has 0 aliphatic heterocycles. The summed E-state index contributed by atoms with van der Waals surface area (Å²) in [6.45, 7) is 7.14. The van der Waals surface area contributed by atoms with Crippen LogP contribution in [0, 0.1) is 35.7 Å². The van der Waals surface area contributed by atoms with Crippen LogP contribution in [-0.4, -0.2) is 28.5 Å². The van der Waals surface area contributed by atoms with E-state index in [2.05, 4.69) is 21.2 Å². The number of nitriles is 1. The third kappa shape index (κ3) is 5.68. The SMILES string of the molecule is [C-]#[N+]c1ccc2cc(C(=O)CC(CC3CC3)C(=O)NC(C#N)CC3CCCCC3=O)[nH]c2c1. The predicted molar refractivity (Wildman–Crippen MR) is 123 cm³/mol. The first-order chi connectivity index (χ1) is 16.0. The van der Waals surface area contributed by atoms with Crippen molar-refractivity contribution >= 4 is 34.1 Å². The van der Waals surface area contributed by atoms with Gasteiger partial charge in [0.05, 0.1) is 18.3 Å². The van der Waals surface area contributed by atoms with Crippen LogP contribution < -0.4 is 5.32 Å². The number of nitrogens with zero attached hydrogens (tertiary/aromatic N) is 2. The first-order valence-electron chi connectivity index (χ1n) is 11.7. The van der Waals surface area contributed by atoms with Gasteiger partial charge in [0, 0.05) is 30.2 Å². The number of rotatable bonds is 9. The minimum absolute atomic E-state index is 0.0609. The molecule has 170 valence electrons. The number of aromatic amines is 1. The van der Waals surface area contributed by atoms with Gasteiger partial charge in [-0.2, -0.15) is 5.26 Å². The topological polar surface area (TPSA) is 107 Å². The Hall–Kier alpha value is -3.45. The average Bonchev–Trinajstić information content (AvgIpc) is 3.53. The van der Waals surface area contributed by atoms with Crippen LogP contribution in [0.1, 0.15) is 68.3 Å². The monoisotopic (exact) mass is 444 g/mol. The fraction of sp³-hybridized carbons (Fsp3) is 0.500. The van der Waals surface area contributed by atoms with Gasteiger partial charge in [-0.1, -0.05) is 31.4 Å². The molecule has 3 unspecified atom stereocenters. The normalized spacial score (nSPS) is 19.9. The Kier molecular flexibility index (Phi) is 6.89. The van der Waals surface area contributed by atoms with Crippen LogP contribution in [0.25, 0.3) is 15.7 Å². The Labute approximate surface area is 193 Å². The van der Waals surface area contributed by atoms with Crippen LogP contribution in [0.3, 0.4) is 0 Å². The molecule has 2 fully saturated rings. The van der Waals surface area contributed by atoms with Crippen molar-refractivity contribution in [1.82, 2.24) is 10.3 Å². The maximum atomic E-state index is 13.1. The van der Waals surface area contributed by atoms with Crippen molar-refractivity contribution in [2.45, 2.75) is 63.8 Å². The zero-order valence-corrected chi connectivity index (χ0v) is 18.6. The largest absolute Gasteiger partial charge is 0.353 e. The summed E-state index contributed by atoms with van der Waals surface area (Å²) in [5.74, 6) is -0.491. The molecule has 0 bridgehead atoms. The van der Waals surface area contributed by atoms with Crippen molar-refractivity contribution in [2.75, 3.05) is 0 Å². The van der Waals surface area contributed by atoms with Gasteiger partial charge >= 0.3 is 0 Å². The number of carbonyl (C=O) groups is 3. The molecule has 7 nitrogen and oxygen atoms in total. The molecule has 2 aliphatic rings. The van der Waals surface area contributed by atoms with Gasteiger partial charge in [0.25, 0.3) is 0 Å². The Morgan fingerprint density at radius 2 is 2.03 bits per heavy atom. The fourth-order valence-electron chi connectivity index (χ4n) is 4.73. The molecule has 2 N–H and O–H groups in total. The summed E-state index contributed by atoms with van der Waals surface area (Å²) in [4.78, 5) is 44.7. The Balaban J connectivity index is 1.43. The maximum Gasteiger partial charge on any atom is 0.224 e. The average molecular weight is 445 g/mol. The highest BCUT2D eigenvalue weighted by molar-refractivity contribution is 6.01. The summed E-state index contributed by atoms with van der Waals surface area (Å²) < 4.78 is 0. The van der Waals surface area contributed by atoms with Crippen molar-refractivity contribution in [3.63, 3.8) is 0 Å². The lowest BCUT2D eigenvalue weighted by molar-refractivity contribution is -0.127. The highest BCUT2D eigenvalue weighted by atomic mass is 16.2. The van der Waals surface area contributed by atoms with Crippen LogP contribution >= 0.6 is 0 Å². The lowest BCUT2D eigenvalue weighted by Gasteiger charge is -2.24. The second kappa shape index (κ2) is 10.0. The number of aromatic nitrogens is 1. The zero-order valence-electron chi connectivity index (χ0n) is 18.6. The fourth-order valence-corrected chi connectivity index (χ4v) is 4.73. The molecule has 0 spiro atoms. The van der Waals surface area contributed by atoms with E-state index in [0.717, 1.165) is 43.0 Å². The maximum absolute atomic E-state index is 13.1. The molecule has 33 heavy (non-hydrogen) atoms. The summed E-state index contributed by atoms with van der Waals surface area (Å²) in [5, 5.41) is 13.2. The van der Waals surface area contributed by atoms with Crippen LogP contribution in [0.4, 0.5) is 5.69 Å². The van der Waals surface area contributed by atoms with Gasteiger partial charge in [-0.25, -0.2) is 4.85 Å². The van der Waals surface area contributed by atoms with E-state index in [4.69, 9.17) is 6.57 Å². The number of amides is 1. The standard InChI is InChI=1S/C26H28N4O3/c1-28-20-9-8-17-12-23(30-22(17)14-20)25(32)13-19(10-16-6-7-16)26(33)29-21(15-27)11-18-4-2-3-5-24(18)31/h8-9,12,14,16,18-19,21,30H,2-7,10-11,13H2,(H,29,33). The number of fused-ring (bicyclic) bond motifs is 1. The van der Waals surface area contributed by atoms with Crippen LogP contribution in [0.5, 0.6) is 0 Å². The number of ketones is 2. The van der Waals surface area contributed by atoms with Crippen molar-refractivity contribution in [1.29, 1.82) is 5.26 Å². The minimum atomic E-state index is -0.721. The summed E-state index contributed by atoms with van der Waals surface area (Å²) >= 11 is 0. The summed E-state index contributed by atoms with van der Waals surface area (Å²) in [5.41, 5.74) is 1.63. The van der Waals surface area contributed by atoms with E-state index in [1.807, 2.05) is 0 Å². The Morgan fingerprint density at radius 3 is 2.73 bits per heavy atom. The molecule has 1 heterocycles. The molecule has 2 aromatic rings. The molecule has 1 aromatic carbocycles. The van der Waals surface area contributed by atoms with E-state index < -0.39 is 12.0 Å². The first-order valence-corrected chi connectivity index (χ1v) is 11.7. The van der Waals surface area contributed by atoms with E-state index in [0.29, 0.717) is 36.6 Å². The molecule has 7 heteroatoms. The van der Waals surface area contributed by atoms with Gasteiger partial charge in [0.2, 0.25) is 5.91 Å². The lowest BCUT2D eigenvalue weighted by atomic mass is 9.83. The smallest absolute Gasteiger partial charge is 0.224 e. The molecule has 0 radical (unpaired) electrons. The molecule has 0 saturated heterocycles. The van der Waals surface area contributed by atoms with Crippen molar-refractivity contribution in [3.8, 4) is 6.07 Å². The van der Waals surface area contributed by atoms with Crippen molar-refractivity contribution < 1.29 is 14.4 Å². The molecule has 2 aliphatic carbocycles. The van der Waals surface area contributed by atoms with Crippen LogP contribution in [-0.2, 0) is 9.59 Å². The van der Waals surface area contributed by atoms with Gasteiger partial charge in [-0.3, -0.25) is 14.4 Å². The highest BCUT2D eigenvalue weighted by Crippen LogP contribution is 2.37. The number of hydrogen-bond acceptors (Lipinski definition) is 4. The van der Waals surface area contributed by atoms with Crippen molar-refractivity contribution in [3.05, 3.63) is 41.4 Å². The number of H-pyrrole nitrogens is 1. The molecule has 1 aromatic heterocycles. The van der Waals surface area contributed by atoms with Crippen LogP contribution in [0.2, 0.25) is 0 Å². The Bertz CT molecular complexity index is 1150. The third-order valence-corrected chi connectivity index (χ3v) is 6.83. The number of benzene rings is 1. The van der Waals surface area contributed by atoms with E-state index in [9.17, 15) is 19.6 Å². The first kappa shape index (κ1) is 22.7. The number of Topliss-reactive ketones (excluding diaryl/α,β-unsaturated/α-hetero) is 2. The number of hydrogen-bond donors (Lipinski definition) is 2. The molecule has 1 amide bonds. The van der Waals surface area contributed by atoms with Gasteiger partial charge in [0.15, 0.2) is 11.5 Å². The second-order valence-corrected chi connectivity index (χ2v) is 9.40. The zero-order chi connectivity index (χ0) is 23.4. The quantitative estimate of drug-likeness (QED) is 0.425. The van der Waals surface area contributed by atoms with Crippen LogP contribution in [0.15, 0.2) is 24.3 Å². The van der Waals surface area contributed by atoms with Gasteiger partial charge in [-0.15, -0.1) is 0 Å². The molecule has 4 rings (SSSR count). The predicted octanol–water partition coefficient (Wildman–Crippen LogP) is 4.87. The molecular weight excluding hydrogens is 416 g/mol. The van der Waals surface area contributed by atoms with E-state index >= 15 is 0 Å². The minimum Gasteiger partial charge on any atom is -0.353 e. The van der Waals surface area contributed by atoms with E-state index in [-0.39, 0.29) is 29.8 Å². The third-order valence-electron chi connectivity index (χ3n) is 6.83. The Morgan fingerprint density at radius 1 is 1.21 bits per heavy atom. The van der Waals surface area contributed by atoms with Gasteiger partial charge in [0.1, 0.15) is 11.8 Å². The van der Waals surface area contributed by atoms with Gasteiger partial charge < -0.3 is 10.3 Å². The molecule has 3 atom stereocenters. The summed E-state index contributed by atoms with van der Waals surface area (Å²) in [6, 6.07) is 8.39. The second-order valence-electron chi connectivity index (χ2n) is 9.40. The summed E-state index contributed by atoms with van der Waals surface area (Å²) in [6.07, 6.45) is 6.34. The summed E-state index contributed by atoms with van der Waals surface area (Å²) in [7, 11) is 0. The van der Waals surface area contributed by atoms with E-state index in [1.54, 1.807) is 24.3 Å². The van der Waals surface area contributed by atoms with Gasteiger partial charge in [-0.05, 0) is 49.1 Å². The molecular formula is C26H28N4O3. The highest BCUT2D eigenvalue weighted by Gasteiger charge is 2.33. The number of carbonyl (C=O) groups excluding carboxylic acids is 3.